The van der Waals surface area contributed by atoms with Gasteiger partial charge in [-0.15, -0.1) is 0 Å². The molecule has 2 aromatic carbocycles. The SMILES string of the molecule is CCc1ccccc1NC(=O)CCNc1ccc(N(CC)CC)cc1. The summed E-state index contributed by atoms with van der Waals surface area (Å²) >= 11 is 0. The summed E-state index contributed by atoms with van der Waals surface area (Å²) in [7, 11) is 0. The number of rotatable bonds is 9. The van der Waals surface area contributed by atoms with E-state index in [2.05, 4.69) is 60.6 Å². The smallest absolute Gasteiger partial charge is 0.226 e. The number of hydrogen-bond acceptors (Lipinski definition) is 3. The molecule has 134 valence electrons. The largest absolute Gasteiger partial charge is 0.385 e. The molecule has 2 N–H and O–H groups in total. The lowest BCUT2D eigenvalue weighted by Crippen LogP contribution is -2.21. The van der Waals surface area contributed by atoms with Gasteiger partial charge in [-0.3, -0.25) is 4.79 Å². The van der Waals surface area contributed by atoms with Gasteiger partial charge in [0.1, 0.15) is 0 Å². The molecule has 0 radical (unpaired) electrons. The van der Waals surface area contributed by atoms with Gasteiger partial charge in [0.05, 0.1) is 0 Å². The first-order chi connectivity index (χ1) is 12.2. The zero-order valence-electron chi connectivity index (χ0n) is 15.5. The van der Waals surface area contributed by atoms with Crippen LogP contribution in [0.3, 0.4) is 0 Å². The quantitative estimate of drug-likeness (QED) is 0.705. The van der Waals surface area contributed by atoms with Crippen LogP contribution in [0.2, 0.25) is 0 Å². The lowest BCUT2D eigenvalue weighted by atomic mass is 10.1. The van der Waals surface area contributed by atoms with E-state index in [1.165, 1.54) is 5.69 Å². The maximum Gasteiger partial charge on any atom is 0.226 e. The van der Waals surface area contributed by atoms with Crippen LogP contribution in [0, 0.1) is 0 Å². The Morgan fingerprint density at radius 1 is 0.960 bits per heavy atom. The highest BCUT2D eigenvalue weighted by atomic mass is 16.1. The summed E-state index contributed by atoms with van der Waals surface area (Å²) in [6.07, 6.45) is 1.35. The van der Waals surface area contributed by atoms with Gasteiger partial charge in [-0.2, -0.15) is 0 Å². The Morgan fingerprint density at radius 3 is 2.28 bits per heavy atom. The third-order valence-electron chi connectivity index (χ3n) is 4.35. The van der Waals surface area contributed by atoms with Crippen LogP contribution in [-0.4, -0.2) is 25.5 Å². The molecule has 1 amide bonds. The van der Waals surface area contributed by atoms with Crippen molar-refractivity contribution in [1.29, 1.82) is 0 Å². The highest BCUT2D eigenvalue weighted by molar-refractivity contribution is 5.91. The van der Waals surface area contributed by atoms with Crippen LogP contribution >= 0.6 is 0 Å². The lowest BCUT2D eigenvalue weighted by molar-refractivity contribution is -0.115. The zero-order chi connectivity index (χ0) is 18.1. The molecule has 0 aliphatic carbocycles. The highest BCUT2D eigenvalue weighted by Gasteiger charge is 2.06. The van der Waals surface area contributed by atoms with Crippen LogP contribution < -0.4 is 15.5 Å². The maximum absolute atomic E-state index is 12.1. The Labute approximate surface area is 151 Å². The van der Waals surface area contributed by atoms with E-state index in [4.69, 9.17) is 0 Å². The first-order valence-corrected chi connectivity index (χ1v) is 9.14. The van der Waals surface area contributed by atoms with Crippen LogP contribution in [-0.2, 0) is 11.2 Å². The normalized spacial score (nSPS) is 10.4. The third-order valence-corrected chi connectivity index (χ3v) is 4.35. The van der Waals surface area contributed by atoms with Crippen molar-refractivity contribution in [2.75, 3.05) is 35.2 Å². The second-order valence-corrected chi connectivity index (χ2v) is 5.95. The monoisotopic (exact) mass is 339 g/mol. The molecule has 0 aliphatic rings. The predicted octanol–water partition coefficient (Wildman–Crippen LogP) is 4.54. The predicted molar refractivity (Wildman–Crippen MR) is 108 cm³/mol. The Bertz CT molecular complexity index is 663. The molecule has 25 heavy (non-hydrogen) atoms. The van der Waals surface area contributed by atoms with E-state index in [9.17, 15) is 4.79 Å². The molecular formula is C21H29N3O. The summed E-state index contributed by atoms with van der Waals surface area (Å²) < 4.78 is 0. The number of amides is 1. The third kappa shape index (κ3) is 5.52. The number of carbonyl (C=O) groups is 1. The standard InChI is InChI=1S/C21H29N3O/c1-4-17-9-7-8-10-20(17)23-21(25)15-16-22-18-11-13-19(14-12-18)24(5-2)6-3/h7-14,22H,4-6,15-16H2,1-3H3,(H,23,25). The first-order valence-electron chi connectivity index (χ1n) is 9.14. The fourth-order valence-corrected chi connectivity index (χ4v) is 2.86. The molecule has 0 spiro atoms. The molecule has 0 fully saturated rings. The highest BCUT2D eigenvalue weighted by Crippen LogP contribution is 2.18. The van der Waals surface area contributed by atoms with Crippen molar-refractivity contribution in [3.63, 3.8) is 0 Å². The minimum atomic E-state index is 0.0353. The molecule has 2 aromatic rings. The van der Waals surface area contributed by atoms with Crippen LogP contribution in [0.25, 0.3) is 0 Å². The van der Waals surface area contributed by atoms with E-state index in [1.807, 2.05) is 24.3 Å². The summed E-state index contributed by atoms with van der Waals surface area (Å²) in [6, 6.07) is 16.3. The van der Waals surface area contributed by atoms with E-state index < -0.39 is 0 Å². The molecule has 4 heteroatoms. The summed E-state index contributed by atoms with van der Waals surface area (Å²) in [5, 5.41) is 6.31. The molecule has 0 saturated carbocycles. The average molecular weight is 339 g/mol. The molecule has 0 bridgehead atoms. The zero-order valence-corrected chi connectivity index (χ0v) is 15.5. The van der Waals surface area contributed by atoms with Crippen LogP contribution in [0.1, 0.15) is 32.8 Å². The van der Waals surface area contributed by atoms with Gasteiger partial charge in [-0.25, -0.2) is 0 Å². The number of para-hydroxylation sites is 1. The van der Waals surface area contributed by atoms with Crippen molar-refractivity contribution in [2.45, 2.75) is 33.6 Å². The van der Waals surface area contributed by atoms with Crippen LogP contribution in [0.4, 0.5) is 17.1 Å². The van der Waals surface area contributed by atoms with Crippen molar-refractivity contribution >= 4 is 23.0 Å². The van der Waals surface area contributed by atoms with Gasteiger partial charge in [0.15, 0.2) is 0 Å². The number of benzene rings is 2. The lowest BCUT2D eigenvalue weighted by Gasteiger charge is -2.21. The van der Waals surface area contributed by atoms with Crippen molar-refractivity contribution < 1.29 is 4.79 Å². The summed E-state index contributed by atoms with van der Waals surface area (Å²) in [5.74, 6) is 0.0353. The van der Waals surface area contributed by atoms with Crippen molar-refractivity contribution in [3.8, 4) is 0 Å². The molecule has 0 unspecified atom stereocenters. The summed E-state index contributed by atoms with van der Waals surface area (Å²) in [5.41, 5.74) is 4.34. The van der Waals surface area contributed by atoms with Gasteiger partial charge in [-0.1, -0.05) is 25.1 Å². The molecule has 0 aromatic heterocycles. The van der Waals surface area contributed by atoms with E-state index >= 15 is 0 Å². The van der Waals surface area contributed by atoms with E-state index in [1.54, 1.807) is 0 Å². The number of carbonyl (C=O) groups excluding carboxylic acids is 1. The van der Waals surface area contributed by atoms with Crippen LogP contribution in [0.5, 0.6) is 0 Å². The summed E-state index contributed by atoms with van der Waals surface area (Å²) in [6.45, 7) is 9.03. The Balaban J connectivity index is 1.81. The van der Waals surface area contributed by atoms with Crippen molar-refractivity contribution in [1.82, 2.24) is 0 Å². The first kappa shape index (κ1) is 18.8. The fourth-order valence-electron chi connectivity index (χ4n) is 2.86. The van der Waals surface area contributed by atoms with E-state index in [-0.39, 0.29) is 5.91 Å². The van der Waals surface area contributed by atoms with Gasteiger partial charge in [0.2, 0.25) is 5.91 Å². The molecule has 4 nitrogen and oxygen atoms in total. The Kier molecular flexibility index (Phi) is 7.33. The molecule has 0 aliphatic heterocycles. The van der Waals surface area contributed by atoms with Crippen molar-refractivity contribution in [2.24, 2.45) is 0 Å². The fraction of sp³-hybridized carbons (Fsp3) is 0.381. The molecule has 2 rings (SSSR count). The minimum absolute atomic E-state index is 0.0353. The average Bonchev–Trinajstić information content (AvgIpc) is 2.64. The number of anilines is 3. The second-order valence-electron chi connectivity index (χ2n) is 5.95. The van der Waals surface area contributed by atoms with E-state index in [0.29, 0.717) is 13.0 Å². The molecule has 0 heterocycles. The Hall–Kier alpha value is -2.49. The Morgan fingerprint density at radius 2 is 1.64 bits per heavy atom. The van der Waals surface area contributed by atoms with Gasteiger partial charge >= 0.3 is 0 Å². The van der Waals surface area contributed by atoms with Gasteiger partial charge < -0.3 is 15.5 Å². The van der Waals surface area contributed by atoms with Crippen molar-refractivity contribution in [3.05, 3.63) is 54.1 Å². The van der Waals surface area contributed by atoms with Gasteiger partial charge in [0, 0.05) is 43.1 Å². The number of aryl methyl sites for hydroxylation is 1. The number of nitrogens with zero attached hydrogens (tertiary/aromatic N) is 1. The molecule has 0 atom stereocenters. The number of nitrogens with one attached hydrogen (secondary N) is 2. The van der Waals surface area contributed by atoms with Gasteiger partial charge in [-0.05, 0) is 56.2 Å². The van der Waals surface area contributed by atoms with Gasteiger partial charge in [0.25, 0.3) is 0 Å². The molecular weight excluding hydrogens is 310 g/mol. The maximum atomic E-state index is 12.1. The van der Waals surface area contributed by atoms with E-state index in [0.717, 1.165) is 36.4 Å². The minimum Gasteiger partial charge on any atom is -0.385 e. The second kappa shape index (κ2) is 9.72. The number of hydrogen-bond donors (Lipinski definition) is 2. The topological polar surface area (TPSA) is 44.4 Å². The molecule has 0 saturated heterocycles. The summed E-state index contributed by atoms with van der Waals surface area (Å²) in [4.78, 5) is 14.4. The van der Waals surface area contributed by atoms with Crippen LogP contribution in [0.15, 0.2) is 48.5 Å².